The molecule has 1 N–H and O–H groups in total. The Morgan fingerprint density at radius 3 is 2.37 bits per heavy atom. The Hall–Kier alpha value is -1.13. The molecule has 1 aromatic rings. The van der Waals surface area contributed by atoms with Crippen LogP contribution in [-0.2, 0) is 0 Å². The third-order valence-corrected chi connectivity index (χ3v) is 4.11. The first-order valence-electron chi connectivity index (χ1n) is 7.24. The Morgan fingerprint density at radius 1 is 1.21 bits per heavy atom. The van der Waals surface area contributed by atoms with Crippen LogP contribution in [0, 0.1) is 0 Å². The summed E-state index contributed by atoms with van der Waals surface area (Å²) < 4.78 is 0. The standard InChI is InChI=1S/C15H25N3O/c1-4-12(2)17-7-9-18(10-8-17)15-6-5-14(11-16-15)13(3)19/h5-6,11-13,19H,4,7-10H2,1-3H3/t12?,13-/m1/s1. The summed E-state index contributed by atoms with van der Waals surface area (Å²) >= 11 is 0. The maximum absolute atomic E-state index is 9.49. The number of aliphatic hydroxyl groups excluding tert-OH is 1. The van der Waals surface area contributed by atoms with Gasteiger partial charge in [-0.05, 0) is 31.9 Å². The molecular formula is C15H25N3O. The monoisotopic (exact) mass is 263 g/mol. The maximum Gasteiger partial charge on any atom is 0.128 e. The summed E-state index contributed by atoms with van der Waals surface area (Å²) in [4.78, 5) is 9.33. The average Bonchev–Trinajstić information content (AvgIpc) is 2.46. The molecule has 0 bridgehead atoms. The highest BCUT2D eigenvalue weighted by atomic mass is 16.3. The van der Waals surface area contributed by atoms with Crippen molar-refractivity contribution >= 4 is 5.82 Å². The van der Waals surface area contributed by atoms with E-state index in [0.29, 0.717) is 6.04 Å². The summed E-state index contributed by atoms with van der Waals surface area (Å²) in [5.41, 5.74) is 0.877. The van der Waals surface area contributed by atoms with E-state index in [2.05, 4.69) is 28.6 Å². The van der Waals surface area contributed by atoms with Gasteiger partial charge in [0.1, 0.15) is 5.82 Å². The van der Waals surface area contributed by atoms with E-state index in [-0.39, 0.29) is 0 Å². The van der Waals surface area contributed by atoms with Crippen molar-refractivity contribution in [3.05, 3.63) is 23.9 Å². The number of anilines is 1. The zero-order valence-electron chi connectivity index (χ0n) is 12.2. The van der Waals surface area contributed by atoms with Crippen molar-refractivity contribution in [1.29, 1.82) is 0 Å². The van der Waals surface area contributed by atoms with Crippen LogP contribution in [0.2, 0.25) is 0 Å². The maximum atomic E-state index is 9.49. The molecule has 106 valence electrons. The molecule has 19 heavy (non-hydrogen) atoms. The SMILES string of the molecule is CCC(C)N1CCN(c2ccc([C@@H](C)O)cn2)CC1. The first-order valence-corrected chi connectivity index (χ1v) is 7.24. The van der Waals surface area contributed by atoms with Gasteiger partial charge < -0.3 is 10.0 Å². The van der Waals surface area contributed by atoms with Gasteiger partial charge in [-0.3, -0.25) is 4.90 Å². The molecule has 0 amide bonds. The van der Waals surface area contributed by atoms with Gasteiger partial charge in [0.25, 0.3) is 0 Å². The number of hydrogen-bond acceptors (Lipinski definition) is 4. The molecule has 1 aliphatic rings. The van der Waals surface area contributed by atoms with Crippen molar-refractivity contribution in [1.82, 2.24) is 9.88 Å². The lowest BCUT2D eigenvalue weighted by Crippen LogP contribution is -2.49. The van der Waals surface area contributed by atoms with Crippen LogP contribution in [0.25, 0.3) is 0 Å². The van der Waals surface area contributed by atoms with Crippen LogP contribution < -0.4 is 4.90 Å². The number of nitrogens with zero attached hydrogens (tertiary/aromatic N) is 3. The topological polar surface area (TPSA) is 39.6 Å². The predicted molar refractivity (Wildman–Crippen MR) is 78.4 cm³/mol. The fraction of sp³-hybridized carbons (Fsp3) is 0.667. The molecule has 0 saturated carbocycles. The lowest BCUT2D eigenvalue weighted by atomic mass is 10.1. The smallest absolute Gasteiger partial charge is 0.128 e. The lowest BCUT2D eigenvalue weighted by molar-refractivity contribution is 0.192. The molecule has 1 fully saturated rings. The summed E-state index contributed by atoms with van der Waals surface area (Å²) in [5.74, 6) is 1.02. The van der Waals surface area contributed by atoms with Gasteiger partial charge in [0.15, 0.2) is 0 Å². The first kappa shape index (κ1) is 14.3. The van der Waals surface area contributed by atoms with E-state index >= 15 is 0 Å². The zero-order chi connectivity index (χ0) is 13.8. The van der Waals surface area contributed by atoms with Crippen molar-refractivity contribution in [2.45, 2.75) is 39.3 Å². The van der Waals surface area contributed by atoms with Gasteiger partial charge in [-0.15, -0.1) is 0 Å². The van der Waals surface area contributed by atoms with E-state index in [1.54, 1.807) is 13.1 Å². The minimum atomic E-state index is -0.441. The van der Waals surface area contributed by atoms with Crippen molar-refractivity contribution in [2.24, 2.45) is 0 Å². The number of hydrogen-bond donors (Lipinski definition) is 1. The third-order valence-electron chi connectivity index (χ3n) is 4.11. The molecule has 1 unspecified atom stereocenters. The number of pyridine rings is 1. The van der Waals surface area contributed by atoms with Crippen molar-refractivity contribution in [2.75, 3.05) is 31.1 Å². The number of piperazine rings is 1. The fourth-order valence-corrected chi connectivity index (χ4v) is 2.48. The Bertz CT molecular complexity index is 383. The van der Waals surface area contributed by atoms with Crippen molar-refractivity contribution in [3.8, 4) is 0 Å². The molecule has 2 heterocycles. The summed E-state index contributed by atoms with van der Waals surface area (Å²) in [6.07, 6.45) is 2.55. The molecule has 0 aliphatic carbocycles. The second-order valence-corrected chi connectivity index (χ2v) is 5.41. The molecule has 0 aromatic carbocycles. The molecule has 0 spiro atoms. The van der Waals surface area contributed by atoms with Gasteiger partial charge in [0.2, 0.25) is 0 Å². The van der Waals surface area contributed by atoms with Crippen LogP contribution in [-0.4, -0.2) is 47.2 Å². The predicted octanol–water partition coefficient (Wildman–Crippen LogP) is 2.06. The summed E-state index contributed by atoms with van der Waals surface area (Å²) in [7, 11) is 0. The first-order chi connectivity index (χ1) is 9.11. The molecule has 4 heteroatoms. The molecule has 2 atom stereocenters. The van der Waals surface area contributed by atoms with E-state index in [0.717, 1.165) is 37.6 Å². The molecule has 0 radical (unpaired) electrons. The van der Waals surface area contributed by atoms with Gasteiger partial charge in [0.05, 0.1) is 6.10 Å². The van der Waals surface area contributed by atoms with Gasteiger partial charge in [-0.25, -0.2) is 4.98 Å². The van der Waals surface area contributed by atoms with E-state index < -0.39 is 6.10 Å². The summed E-state index contributed by atoms with van der Waals surface area (Å²) in [6, 6.07) is 4.65. The largest absolute Gasteiger partial charge is 0.389 e. The van der Waals surface area contributed by atoms with Crippen molar-refractivity contribution in [3.63, 3.8) is 0 Å². The number of rotatable bonds is 4. The highest BCUT2D eigenvalue weighted by Crippen LogP contribution is 2.18. The van der Waals surface area contributed by atoms with Gasteiger partial charge in [0, 0.05) is 38.4 Å². The Kier molecular flexibility index (Phi) is 4.77. The van der Waals surface area contributed by atoms with Crippen molar-refractivity contribution < 1.29 is 5.11 Å². The second kappa shape index (κ2) is 6.35. The lowest BCUT2D eigenvalue weighted by Gasteiger charge is -2.38. The Labute approximate surface area is 116 Å². The molecule has 1 saturated heterocycles. The average molecular weight is 263 g/mol. The van der Waals surface area contributed by atoms with Crippen LogP contribution in [0.5, 0.6) is 0 Å². The van der Waals surface area contributed by atoms with Gasteiger partial charge >= 0.3 is 0 Å². The van der Waals surface area contributed by atoms with Gasteiger partial charge in [-0.2, -0.15) is 0 Å². The van der Waals surface area contributed by atoms with Crippen LogP contribution in [0.4, 0.5) is 5.82 Å². The highest BCUT2D eigenvalue weighted by molar-refractivity contribution is 5.40. The van der Waals surface area contributed by atoms with E-state index in [9.17, 15) is 5.11 Å². The van der Waals surface area contributed by atoms with Crippen LogP contribution in [0.3, 0.4) is 0 Å². The number of aromatic nitrogens is 1. The molecule has 2 rings (SSSR count). The fourth-order valence-electron chi connectivity index (χ4n) is 2.48. The van der Waals surface area contributed by atoms with E-state index in [1.807, 2.05) is 12.1 Å². The van der Waals surface area contributed by atoms with Crippen LogP contribution in [0.1, 0.15) is 38.9 Å². The van der Waals surface area contributed by atoms with Crippen LogP contribution in [0.15, 0.2) is 18.3 Å². The molecular weight excluding hydrogens is 238 g/mol. The second-order valence-electron chi connectivity index (χ2n) is 5.41. The summed E-state index contributed by atoms with van der Waals surface area (Å²) in [5, 5.41) is 9.49. The Balaban J connectivity index is 1.94. The van der Waals surface area contributed by atoms with E-state index in [4.69, 9.17) is 0 Å². The minimum absolute atomic E-state index is 0.441. The Morgan fingerprint density at radius 2 is 1.89 bits per heavy atom. The van der Waals surface area contributed by atoms with Crippen LogP contribution >= 0.6 is 0 Å². The molecule has 4 nitrogen and oxygen atoms in total. The molecule has 1 aliphatic heterocycles. The highest BCUT2D eigenvalue weighted by Gasteiger charge is 2.20. The molecule has 1 aromatic heterocycles. The minimum Gasteiger partial charge on any atom is -0.389 e. The third kappa shape index (κ3) is 3.45. The van der Waals surface area contributed by atoms with Gasteiger partial charge in [-0.1, -0.05) is 13.0 Å². The number of aliphatic hydroxyl groups is 1. The summed E-state index contributed by atoms with van der Waals surface area (Å²) in [6.45, 7) is 10.6. The normalized spacial score (nSPS) is 20.3. The zero-order valence-corrected chi connectivity index (χ0v) is 12.2. The van der Waals surface area contributed by atoms with E-state index in [1.165, 1.54) is 6.42 Å². The quantitative estimate of drug-likeness (QED) is 0.902.